The third-order valence-corrected chi connectivity index (χ3v) is 4.35. The lowest BCUT2D eigenvalue weighted by molar-refractivity contribution is 0.393. The minimum absolute atomic E-state index is 0. The van der Waals surface area contributed by atoms with Gasteiger partial charge in [-0.3, -0.25) is 4.68 Å². The normalized spacial score (nSPS) is 11.1. The van der Waals surface area contributed by atoms with Crippen LogP contribution in [0, 0.1) is 27.7 Å². The van der Waals surface area contributed by atoms with Gasteiger partial charge in [-0.25, -0.2) is 0 Å². The molecule has 0 bridgehead atoms. The second-order valence-electron chi connectivity index (χ2n) is 6.16. The van der Waals surface area contributed by atoms with Crippen LogP contribution in [0.4, 0.5) is 0 Å². The van der Waals surface area contributed by atoms with Crippen molar-refractivity contribution in [2.24, 2.45) is 7.05 Å². The highest BCUT2D eigenvalue weighted by Gasteiger charge is 2.20. The molecule has 0 spiro atoms. The third-order valence-electron chi connectivity index (χ3n) is 4.35. The fourth-order valence-electron chi connectivity index (χ4n) is 3.35. The standard InChI is InChI=1S/C18H18N4O2.CH4/c1-9-16(11(3)23-20-9)13-6-14-8-22(5)19-18(14)15(7-13)17-10(2)21-24-12(17)4;/h6-8H,1-5H3;1H4. The van der Waals surface area contributed by atoms with E-state index in [0.29, 0.717) is 0 Å². The lowest BCUT2D eigenvalue weighted by Crippen LogP contribution is -1.90. The highest BCUT2D eigenvalue weighted by molar-refractivity contribution is 5.98. The number of aromatic nitrogens is 4. The van der Waals surface area contributed by atoms with E-state index in [-0.39, 0.29) is 7.43 Å². The summed E-state index contributed by atoms with van der Waals surface area (Å²) in [6.07, 6.45) is 2.01. The Labute approximate surface area is 146 Å². The van der Waals surface area contributed by atoms with E-state index in [0.717, 1.165) is 56.1 Å². The smallest absolute Gasteiger partial charge is 0.141 e. The largest absolute Gasteiger partial charge is 0.361 e. The summed E-state index contributed by atoms with van der Waals surface area (Å²) in [6.45, 7) is 7.75. The number of fused-ring (bicyclic) bond motifs is 1. The van der Waals surface area contributed by atoms with E-state index in [1.807, 2.05) is 45.6 Å². The van der Waals surface area contributed by atoms with Gasteiger partial charge in [-0.1, -0.05) is 17.7 Å². The Balaban J connectivity index is 0.00000182. The summed E-state index contributed by atoms with van der Waals surface area (Å²) < 4.78 is 12.5. The Hall–Kier alpha value is -2.89. The van der Waals surface area contributed by atoms with Crippen molar-refractivity contribution in [3.05, 3.63) is 41.2 Å². The number of benzene rings is 1. The minimum Gasteiger partial charge on any atom is -0.361 e. The fraction of sp³-hybridized carbons (Fsp3) is 0.316. The van der Waals surface area contributed by atoms with E-state index >= 15 is 0 Å². The average molecular weight is 338 g/mol. The maximum Gasteiger partial charge on any atom is 0.141 e. The molecule has 25 heavy (non-hydrogen) atoms. The van der Waals surface area contributed by atoms with Gasteiger partial charge in [-0.2, -0.15) is 5.10 Å². The van der Waals surface area contributed by atoms with E-state index in [2.05, 4.69) is 27.5 Å². The van der Waals surface area contributed by atoms with Crippen molar-refractivity contribution in [2.75, 3.05) is 0 Å². The number of hydrogen-bond donors (Lipinski definition) is 0. The van der Waals surface area contributed by atoms with Crippen LogP contribution >= 0.6 is 0 Å². The topological polar surface area (TPSA) is 69.9 Å². The number of hydrogen-bond acceptors (Lipinski definition) is 5. The quantitative estimate of drug-likeness (QED) is 0.527. The van der Waals surface area contributed by atoms with Gasteiger partial charge in [0.1, 0.15) is 17.0 Å². The monoisotopic (exact) mass is 338 g/mol. The first-order chi connectivity index (χ1) is 11.5. The van der Waals surface area contributed by atoms with Gasteiger partial charge >= 0.3 is 0 Å². The van der Waals surface area contributed by atoms with Crippen LogP contribution in [0.1, 0.15) is 30.3 Å². The maximum absolute atomic E-state index is 5.37. The van der Waals surface area contributed by atoms with Crippen LogP contribution in [0.25, 0.3) is 33.2 Å². The molecule has 0 aliphatic rings. The van der Waals surface area contributed by atoms with Gasteiger partial charge in [0, 0.05) is 35.3 Å². The molecular formula is C19H22N4O2. The van der Waals surface area contributed by atoms with Gasteiger partial charge in [0.25, 0.3) is 0 Å². The van der Waals surface area contributed by atoms with Crippen molar-refractivity contribution in [1.82, 2.24) is 20.1 Å². The zero-order chi connectivity index (χ0) is 17.0. The zero-order valence-corrected chi connectivity index (χ0v) is 14.3. The van der Waals surface area contributed by atoms with E-state index in [9.17, 15) is 0 Å². The van der Waals surface area contributed by atoms with Gasteiger partial charge in [-0.15, -0.1) is 0 Å². The van der Waals surface area contributed by atoms with E-state index < -0.39 is 0 Å². The number of aryl methyl sites for hydroxylation is 5. The van der Waals surface area contributed by atoms with E-state index in [1.165, 1.54) is 0 Å². The van der Waals surface area contributed by atoms with Gasteiger partial charge in [0.05, 0.1) is 11.4 Å². The molecule has 0 fully saturated rings. The molecule has 3 aromatic heterocycles. The van der Waals surface area contributed by atoms with Crippen molar-refractivity contribution in [3.8, 4) is 22.3 Å². The lowest BCUT2D eigenvalue weighted by atomic mass is 9.95. The van der Waals surface area contributed by atoms with E-state index in [1.54, 1.807) is 0 Å². The molecule has 0 saturated heterocycles. The second kappa shape index (κ2) is 5.88. The predicted octanol–water partition coefficient (Wildman–Crippen LogP) is 4.75. The molecule has 4 rings (SSSR count). The number of rotatable bonds is 2. The molecule has 0 amide bonds. The molecule has 1 aromatic carbocycles. The number of nitrogens with zero attached hydrogens (tertiary/aromatic N) is 4. The predicted molar refractivity (Wildman–Crippen MR) is 97.4 cm³/mol. The molecule has 130 valence electrons. The summed E-state index contributed by atoms with van der Waals surface area (Å²) in [5.74, 6) is 1.59. The lowest BCUT2D eigenvalue weighted by Gasteiger charge is -2.07. The molecule has 0 radical (unpaired) electrons. The fourth-order valence-corrected chi connectivity index (χ4v) is 3.35. The van der Waals surface area contributed by atoms with Crippen LogP contribution in [-0.4, -0.2) is 20.1 Å². The molecular weight excluding hydrogens is 316 g/mol. The molecule has 0 aliphatic carbocycles. The van der Waals surface area contributed by atoms with Crippen LogP contribution in [0.2, 0.25) is 0 Å². The highest BCUT2D eigenvalue weighted by Crippen LogP contribution is 2.38. The average Bonchev–Trinajstić information content (AvgIpc) is 3.16. The zero-order valence-electron chi connectivity index (χ0n) is 14.3. The summed E-state index contributed by atoms with van der Waals surface area (Å²) in [4.78, 5) is 0. The van der Waals surface area contributed by atoms with Crippen molar-refractivity contribution < 1.29 is 9.05 Å². The molecule has 0 saturated carbocycles. The molecule has 0 N–H and O–H groups in total. The first-order valence-corrected chi connectivity index (χ1v) is 7.79. The van der Waals surface area contributed by atoms with Crippen LogP contribution in [-0.2, 0) is 7.05 Å². The second-order valence-corrected chi connectivity index (χ2v) is 6.16. The van der Waals surface area contributed by atoms with Crippen molar-refractivity contribution >= 4 is 10.9 Å². The van der Waals surface area contributed by atoms with Crippen LogP contribution in [0.3, 0.4) is 0 Å². The van der Waals surface area contributed by atoms with Gasteiger partial charge < -0.3 is 9.05 Å². The Bertz CT molecular complexity index is 1030. The maximum atomic E-state index is 5.37. The Morgan fingerprint density at radius 1 is 0.880 bits per heavy atom. The molecule has 6 heteroatoms. The summed E-state index contributed by atoms with van der Waals surface area (Å²) in [5.41, 5.74) is 6.75. The molecule has 3 heterocycles. The van der Waals surface area contributed by atoms with Crippen LogP contribution < -0.4 is 0 Å². The first kappa shape index (κ1) is 17.0. The highest BCUT2D eigenvalue weighted by atomic mass is 16.5. The Morgan fingerprint density at radius 2 is 1.48 bits per heavy atom. The molecule has 4 aromatic rings. The Morgan fingerprint density at radius 3 is 2.04 bits per heavy atom. The summed E-state index contributed by atoms with van der Waals surface area (Å²) in [7, 11) is 1.92. The molecule has 0 aliphatic heterocycles. The van der Waals surface area contributed by atoms with Crippen LogP contribution in [0.5, 0.6) is 0 Å². The van der Waals surface area contributed by atoms with Crippen molar-refractivity contribution in [1.29, 1.82) is 0 Å². The van der Waals surface area contributed by atoms with Crippen LogP contribution in [0.15, 0.2) is 27.4 Å². The molecule has 0 atom stereocenters. The van der Waals surface area contributed by atoms with Gasteiger partial charge in [0.2, 0.25) is 0 Å². The van der Waals surface area contributed by atoms with Gasteiger partial charge in [0.15, 0.2) is 0 Å². The van der Waals surface area contributed by atoms with Crippen molar-refractivity contribution in [3.63, 3.8) is 0 Å². The summed E-state index contributed by atoms with van der Waals surface area (Å²) in [5, 5.41) is 13.9. The third kappa shape index (κ3) is 2.54. The Kier molecular flexibility index (Phi) is 3.99. The van der Waals surface area contributed by atoms with E-state index in [4.69, 9.17) is 9.05 Å². The summed E-state index contributed by atoms with van der Waals surface area (Å²) >= 11 is 0. The molecule has 6 nitrogen and oxygen atoms in total. The SMILES string of the molecule is C.Cc1noc(C)c1-c1cc(-c2c(C)noc2C)c2nn(C)cc2c1. The van der Waals surface area contributed by atoms with Crippen molar-refractivity contribution in [2.45, 2.75) is 35.1 Å². The first-order valence-electron chi connectivity index (χ1n) is 7.79. The summed E-state index contributed by atoms with van der Waals surface area (Å²) in [6, 6.07) is 4.24. The minimum atomic E-state index is 0. The van der Waals surface area contributed by atoms with Gasteiger partial charge in [-0.05, 0) is 45.4 Å². The molecule has 0 unspecified atom stereocenters.